The molecule has 0 heterocycles. The molecule has 0 aromatic heterocycles. The Morgan fingerprint density at radius 3 is 2.59 bits per heavy atom. The fourth-order valence-corrected chi connectivity index (χ4v) is 0.993. The first-order chi connectivity index (χ1) is 7.97. The summed E-state index contributed by atoms with van der Waals surface area (Å²) in [7, 11) is 0. The SMILES string of the molecule is N[C@@H](CO)C(=O)OC(=O)c1cccc(O)c1O. The van der Waals surface area contributed by atoms with Crippen LogP contribution in [-0.4, -0.2) is 39.9 Å². The van der Waals surface area contributed by atoms with Crippen molar-refractivity contribution in [3.8, 4) is 11.5 Å². The summed E-state index contributed by atoms with van der Waals surface area (Å²) in [6, 6.07) is 2.28. The smallest absolute Gasteiger partial charge is 0.349 e. The second kappa shape index (κ2) is 5.28. The minimum atomic E-state index is -1.33. The van der Waals surface area contributed by atoms with Crippen molar-refractivity contribution in [1.82, 2.24) is 0 Å². The Bertz CT molecular complexity index is 444. The van der Waals surface area contributed by atoms with Gasteiger partial charge >= 0.3 is 11.9 Å². The van der Waals surface area contributed by atoms with Crippen molar-refractivity contribution < 1.29 is 29.6 Å². The number of para-hydroxylation sites is 1. The van der Waals surface area contributed by atoms with Crippen molar-refractivity contribution in [3.05, 3.63) is 23.8 Å². The van der Waals surface area contributed by atoms with Crippen LogP contribution in [0.2, 0.25) is 0 Å². The minimum Gasteiger partial charge on any atom is -0.504 e. The number of hydrogen-bond donors (Lipinski definition) is 4. The van der Waals surface area contributed by atoms with E-state index in [4.69, 9.17) is 15.9 Å². The fourth-order valence-electron chi connectivity index (χ4n) is 0.993. The Balaban J connectivity index is 2.84. The summed E-state index contributed by atoms with van der Waals surface area (Å²) in [5.41, 5.74) is 4.75. The predicted octanol–water partition coefficient (Wildman–Crippen LogP) is -0.899. The summed E-state index contributed by atoms with van der Waals surface area (Å²) in [4.78, 5) is 22.5. The molecule has 0 saturated carbocycles. The molecule has 1 rings (SSSR count). The van der Waals surface area contributed by atoms with E-state index in [-0.39, 0.29) is 5.56 Å². The minimum absolute atomic E-state index is 0.372. The van der Waals surface area contributed by atoms with Gasteiger partial charge in [0.25, 0.3) is 0 Å². The molecule has 0 radical (unpaired) electrons. The third-order valence-corrected chi connectivity index (χ3v) is 1.93. The molecule has 0 amide bonds. The molecule has 17 heavy (non-hydrogen) atoms. The molecular formula is C10H11NO6. The lowest BCUT2D eigenvalue weighted by molar-refractivity contribution is -0.140. The zero-order valence-corrected chi connectivity index (χ0v) is 8.66. The van der Waals surface area contributed by atoms with E-state index in [1.807, 2.05) is 0 Å². The van der Waals surface area contributed by atoms with Crippen molar-refractivity contribution in [2.24, 2.45) is 5.73 Å². The van der Waals surface area contributed by atoms with E-state index in [1.54, 1.807) is 0 Å². The number of esters is 2. The third-order valence-electron chi connectivity index (χ3n) is 1.93. The van der Waals surface area contributed by atoms with Crippen molar-refractivity contribution in [2.75, 3.05) is 6.61 Å². The van der Waals surface area contributed by atoms with Crippen LogP contribution in [0.15, 0.2) is 18.2 Å². The number of benzene rings is 1. The number of phenols is 2. The second-order valence-corrected chi connectivity index (χ2v) is 3.17. The molecule has 7 nitrogen and oxygen atoms in total. The molecule has 0 unspecified atom stereocenters. The van der Waals surface area contributed by atoms with E-state index in [9.17, 15) is 14.7 Å². The van der Waals surface area contributed by atoms with Crippen LogP contribution in [-0.2, 0) is 9.53 Å². The van der Waals surface area contributed by atoms with E-state index in [0.29, 0.717) is 0 Å². The van der Waals surface area contributed by atoms with Crippen LogP contribution in [0, 0.1) is 0 Å². The van der Waals surface area contributed by atoms with Crippen LogP contribution in [0.25, 0.3) is 0 Å². The van der Waals surface area contributed by atoms with E-state index in [2.05, 4.69) is 4.74 Å². The molecule has 7 heteroatoms. The molecule has 5 N–H and O–H groups in total. The maximum Gasteiger partial charge on any atom is 0.349 e. The van der Waals surface area contributed by atoms with E-state index >= 15 is 0 Å². The number of phenolic OH excluding ortho intramolecular Hbond substituents is 2. The molecule has 0 spiro atoms. The molecule has 0 bridgehead atoms. The van der Waals surface area contributed by atoms with Gasteiger partial charge in [-0.2, -0.15) is 0 Å². The molecule has 1 aromatic carbocycles. The summed E-state index contributed by atoms with van der Waals surface area (Å²) in [5, 5.41) is 27.0. The van der Waals surface area contributed by atoms with Crippen molar-refractivity contribution in [1.29, 1.82) is 0 Å². The molecule has 1 aromatic rings. The van der Waals surface area contributed by atoms with E-state index in [1.165, 1.54) is 6.07 Å². The Morgan fingerprint density at radius 2 is 2.00 bits per heavy atom. The molecule has 0 fully saturated rings. The Labute approximate surface area is 96.1 Å². The summed E-state index contributed by atoms with van der Waals surface area (Å²) in [6.45, 7) is -0.669. The van der Waals surface area contributed by atoms with Crippen LogP contribution < -0.4 is 5.73 Å². The van der Waals surface area contributed by atoms with Crippen molar-refractivity contribution in [3.63, 3.8) is 0 Å². The first-order valence-corrected chi connectivity index (χ1v) is 4.60. The average molecular weight is 241 g/mol. The normalized spacial score (nSPS) is 11.9. The van der Waals surface area contributed by atoms with Crippen molar-refractivity contribution in [2.45, 2.75) is 6.04 Å². The highest BCUT2D eigenvalue weighted by molar-refractivity contribution is 6.00. The molecule has 0 aliphatic heterocycles. The number of rotatable bonds is 3. The largest absolute Gasteiger partial charge is 0.504 e. The van der Waals surface area contributed by atoms with Gasteiger partial charge in [-0.25, -0.2) is 9.59 Å². The van der Waals surface area contributed by atoms with Gasteiger partial charge in [0, 0.05) is 0 Å². The lowest BCUT2D eigenvalue weighted by Crippen LogP contribution is -2.36. The summed E-state index contributed by atoms with van der Waals surface area (Å²) < 4.78 is 4.29. The Kier molecular flexibility index (Phi) is 4.02. The second-order valence-electron chi connectivity index (χ2n) is 3.17. The third kappa shape index (κ3) is 2.92. The maximum atomic E-state index is 11.4. The highest BCUT2D eigenvalue weighted by atomic mass is 16.6. The number of aliphatic hydroxyl groups is 1. The van der Waals surface area contributed by atoms with Crippen molar-refractivity contribution >= 4 is 11.9 Å². The van der Waals surface area contributed by atoms with Gasteiger partial charge in [0.2, 0.25) is 0 Å². The van der Waals surface area contributed by atoms with Gasteiger partial charge in [-0.3, -0.25) is 0 Å². The molecule has 0 aliphatic rings. The number of ether oxygens (including phenoxy) is 1. The topological polar surface area (TPSA) is 130 Å². The molecule has 92 valence electrons. The summed E-state index contributed by atoms with van der Waals surface area (Å²) in [6.07, 6.45) is 0. The maximum absolute atomic E-state index is 11.4. The number of carbonyl (C=O) groups excluding carboxylic acids is 2. The lowest BCUT2D eigenvalue weighted by Gasteiger charge is -2.08. The highest BCUT2D eigenvalue weighted by Crippen LogP contribution is 2.28. The highest BCUT2D eigenvalue weighted by Gasteiger charge is 2.22. The number of nitrogens with two attached hydrogens (primary N) is 1. The van der Waals surface area contributed by atoms with Crippen LogP contribution >= 0.6 is 0 Å². The molecule has 1 atom stereocenters. The van der Waals surface area contributed by atoms with E-state index in [0.717, 1.165) is 12.1 Å². The lowest BCUT2D eigenvalue weighted by atomic mass is 10.2. The van der Waals surface area contributed by atoms with Crippen LogP contribution in [0.5, 0.6) is 11.5 Å². The van der Waals surface area contributed by atoms with Gasteiger partial charge in [0.1, 0.15) is 11.6 Å². The van der Waals surface area contributed by atoms with Gasteiger partial charge < -0.3 is 25.8 Å². The first-order valence-electron chi connectivity index (χ1n) is 4.60. The monoisotopic (exact) mass is 241 g/mol. The Hall–Kier alpha value is -2.12. The standard InChI is InChI=1S/C10H11NO6/c11-6(4-12)10(16)17-9(15)5-2-1-3-7(13)8(5)14/h1-3,6,12-14H,4,11H2/t6-/m0/s1. The van der Waals surface area contributed by atoms with Gasteiger partial charge in [-0.1, -0.05) is 6.07 Å². The molecule has 0 aliphatic carbocycles. The molecule has 0 saturated heterocycles. The van der Waals surface area contributed by atoms with E-state index < -0.39 is 36.1 Å². The van der Waals surface area contributed by atoms with Crippen LogP contribution in [0.1, 0.15) is 10.4 Å². The zero-order chi connectivity index (χ0) is 13.0. The van der Waals surface area contributed by atoms with Gasteiger partial charge in [0.05, 0.1) is 6.61 Å². The zero-order valence-electron chi connectivity index (χ0n) is 8.66. The van der Waals surface area contributed by atoms with Gasteiger partial charge in [-0.15, -0.1) is 0 Å². The Morgan fingerprint density at radius 1 is 1.35 bits per heavy atom. The summed E-state index contributed by atoms with van der Waals surface area (Å²) in [5.74, 6) is -3.49. The average Bonchev–Trinajstić information content (AvgIpc) is 2.31. The summed E-state index contributed by atoms with van der Waals surface area (Å²) >= 11 is 0. The van der Waals surface area contributed by atoms with Gasteiger partial charge in [0.15, 0.2) is 11.5 Å². The molecular weight excluding hydrogens is 230 g/mol. The quantitative estimate of drug-likeness (QED) is 0.306. The first kappa shape index (κ1) is 12.9. The van der Waals surface area contributed by atoms with Crippen LogP contribution in [0.4, 0.5) is 0 Å². The fraction of sp³-hybridized carbons (Fsp3) is 0.200. The van der Waals surface area contributed by atoms with Crippen LogP contribution in [0.3, 0.4) is 0 Å². The number of carbonyl (C=O) groups is 2. The number of aliphatic hydroxyl groups excluding tert-OH is 1. The predicted molar refractivity (Wildman–Crippen MR) is 55.3 cm³/mol. The van der Waals surface area contributed by atoms with Gasteiger partial charge in [-0.05, 0) is 12.1 Å². The number of aromatic hydroxyl groups is 2. The number of hydrogen-bond acceptors (Lipinski definition) is 7.